The number of hydrogen-bond acceptors (Lipinski definition) is 4. The Morgan fingerprint density at radius 1 is 1.36 bits per heavy atom. The van der Waals surface area contributed by atoms with Crippen molar-refractivity contribution in [2.24, 2.45) is 0 Å². The molecule has 2 rings (SSSR count). The van der Waals surface area contributed by atoms with Gasteiger partial charge in [-0.25, -0.2) is 4.79 Å². The molecule has 5 nitrogen and oxygen atoms in total. The summed E-state index contributed by atoms with van der Waals surface area (Å²) < 4.78 is 41.5. The van der Waals surface area contributed by atoms with Crippen LogP contribution in [0.25, 0.3) is 0 Å². The minimum atomic E-state index is -4.41. The Balaban J connectivity index is 1.88. The highest BCUT2D eigenvalue weighted by Crippen LogP contribution is 2.25. The Morgan fingerprint density at radius 2 is 2.09 bits per heavy atom. The summed E-state index contributed by atoms with van der Waals surface area (Å²) in [5, 5.41) is 6.26. The number of rotatable bonds is 5. The first-order chi connectivity index (χ1) is 10.5. The van der Waals surface area contributed by atoms with Crippen LogP contribution in [-0.2, 0) is 4.74 Å². The lowest BCUT2D eigenvalue weighted by Gasteiger charge is -2.34. The fourth-order valence-electron chi connectivity index (χ4n) is 2.21. The summed E-state index contributed by atoms with van der Waals surface area (Å²) in [7, 11) is 0. The summed E-state index contributed by atoms with van der Waals surface area (Å²) in [5.74, 6) is 0. The molecule has 1 aliphatic heterocycles. The van der Waals surface area contributed by atoms with Crippen molar-refractivity contribution in [1.82, 2.24) is 15.5 Å². The number of alkyl halides is 3. The van der Waals surface area contributed by atoms with Gasteiger partial charge < -0.3 is 15.4 Å². The fourth-order valence-corrected chi connectivity index (χ4v) is 3.07. The molecule has 2 amide bonds. The number of morpholine rings is 1. The van der Waals surface area contributed by atoms with Gasteiger partial charge in [-0.05, 0) is 11.4 Å². The number of urea groups is 1. The van der Waals surface area contributed by atoms with Crippen molar-refractivity contribution >= 4 is 17.4 Å². The molecule has 1 fully saturated rings. The highest BCUT2D eigenvalue weighted by atomic mass is 32.1. The number of carbonyl (C=O) groups is 1. The van der Waals surface area contributed by atoms with Crippen molar-refractivity contribution in [2.75, 3.05) is 39.4 Å². The third kappa shape index (κ3) is 5.47. The number of amides is 2. The summed E-state index contributed by atoms with van der Waals surface area (Å²) >= 11 is 1.56. The summed E-state index contributed by atoms with van der Waals surface area (Å²) in [5.41, 5.74) is 0. The maximum atomic E-state index is 12.1. The number of carbonyl (C=O) groups excluding carboxylic acids is 1. The van der Waals surface area contributed by atoms with Crippen LogP contribution < -0.4 is 10.6 Å². The van der Waals surface area contributed by atoms with Gasteiger partial charge in [-0.15, -0.1) is 11.3 Å². The van der Waals surface area contributed by atoms with E-state index in [0.29, 0.717) is 13.2 Å². The standard InChI is InChI=1S/C13H18F3N3O2S/c14-13(15,16)9-18-12(20)17-8-10(11-2-1-7-22-11)19-3-5-21-6-4-19/h1-2,7,10H,3-6,8-9H2,(H2,17,18,20). The third-order valence-corrected chi connectivity index (χ3v) is 4.24. The van der Waals surface area contributed by atoms with Crippen LogP contribution in [0.15, 0.2) is 17.5 Å². The maximum Gasteiger partial charge on any atom is 0.405 e. The fraction of sp³-hybridized carbons (Fsp3) is 0.615. The predicted octanol–water partition coefficient (Wildman–Crippen LogP) is 1.98. The monoisotopic (exact) mass is 337 g/mol. The summed E-state index contributed by atoms with van der Waals surface area (Å²) in [6.07, 6.45) is -4.41. The molecule has 1 atom stereocenters. The van der Waals surface area contributed by atoms with E-state index in [0.717, 1.165) is 18.0 Å². The maximum absolute atomic E-state index is 12.1. The minimum absolute atomic E-state index is 0.0551. The van der Waals surface area contributed by atoms with E-state index in [1.54, 1.807) is 11.3 Å². The second-order valence-corrected chi connectivity index (χ2v) is 5.84. The van der Waals surface area contributed by atoms with E-state index >= 15 is 0 Å². The molecule has 0 aliphatic carbocycles. The zero-order valence-corrected chi connectivity index (χ0v) is 12.7. The molecule has 0 radical (unpaired) electrons. The van der Waals surface area contributed by atoms with E-state index in [-0.39, 0.29) is 12.6 Å². The van der Waals surface area contributed by atoms with Crippen LogP contribution in [0.5, 0.6) is 0 Å². The Hall–Kier alpha value is -1.32. The van der Waals surface area contributed by atoms with E-state index in [9.17, 15) is 18.0 Å². The van der Waals surface area contributed by atoms with Gasteiger partial charge in [0.05, 0.1) is 19.3 Å². The SMILES string of the molecule is O=C(NCC(c1cccs1)N1CCOCC1)NCC(F)(F)F. The van der Waals surface area contributed by atoms with Gasteiger partial charge in [-0.2, -0.15) is 13.2 Å². The molecule has 1 aliphatic rings. The minimum Gasteiger partial charge on any atom is -0.379 e. The zero-order valence-electron chi connectivity index (χ0n) is 11.9. The topological polar surface area (TPSA) is 53.6 Å². The highest BCUT2D eigenvalue weighted by molar-refractivity contribution is 7.10. The number of nitrogens with one attached hydrogen (secondary N) is 2. The van der Waals surface area contributed by atoms with Gasteiger partial charge >= 0.3 is 12.2 Å². The Kier molecular flexibility index (Phi) is 6.04. The van der Waals surface area contributed by atoms with Crippen LogP contribution in [0.1, 0.15) is 10.9 Å². The molecule has 1 aromatic rings. The van der Waals surface area contributed by atoms with Gasteiger partial charge in [0.25, 0.3) is 0 Å². The molecule has 9 heteroatoms. The van der Waals surface area contributed by atoms with Gasteiger partial charge in [-0.3, -0.25) is 4.90 Å². The average molecular weight is 337 g/mol. The van der Waals surface area contributed by atoms with E-state index < -0.39 is 18.8 Å². The second kappa shape index (κ2) is 7.80. The summed E-state index contributed by atoms with van der Waals surface area (Å²) in [6, 6.07) is 3.00. The van der Waals surface area contributed by atoms with Crippen LogP contribution in [0.3, 0.4) is 0 Å². The van der Waals surface area contributed by atoms with Crippen molar-refractivity contribution in [3.63, 3.8) is 0 Å². The van der Waals surface area contributed by atoms with E-state index in [2.05, 4.69) is 10.2 Å². The Bertz CT molecular complexity index is 462. The van der Waals surface area contributed by atoms with Crippen molar-refractivity contribution in [3.8, 4) is 0 Å². The van der Waals surface area contributed by atoms with Crippen LogP contribution in [0.4, 0.5) is 18.0 Å². The second-order valence-electron chi connectivity index (χ2n) is 4.86. The van der Waals surface area contributed by atoms with Crippen LogP contribution >= 0.6 is 11.3 Å². The Labute approximate surface area is 130 Å². The summed E-state index contributed by atoms with van der Waals surface area (Å²) in [4.78, 5) is 14.7. The number of nitrogens with zero attached hydrogens (tertiary/aromatic N) is 1. The molecule has 0 bridgehead atoms. The van der Waals surface area contributed by atoms with E-state index in [1.165, 1.54) is 0 Å². The molecule has 0 saturated carbocycles. The van der Waals surface area contributed by atoms with Crippen LogP contribution in [0, 0.1) is 0 Å². The quantitative estimate of drug-likeness (QED) is 0.864. The van der Waals surface area contributed by atoms with Crippen molar-refractivity contribution in [2.45, 2.75) is 12.2 Å². The molecule has 124 valence electrons. The third-order valence-electron chi connectivity index (χ3n) is 3.26. The van der Waals surface area contributed by atoms with Crippen LogP contribution in [-0.4, -0.2) is 56.5 Å². The van der Waals surface area contributed by atoms with Gasteiger partial charge in [0.15, 0.2) is 0 Å². The lowest BCUT2D eigenvalue weighted by atomic mass is 10.2. The van der Waals surface area contributed by atoms with Gasteiger partial charge in [0.1, 0.15) is 6.54 Å². The molecule has 1 unspecified atom stereocenters. The lowest BCUT2D eigenvalue weighted by molar-refractivity contribution is -0.122. The zero-order chi connectivity index (χ0) is 16.0. The average Bonchev–Trinajstić information content (AvgIpc) is 3.00. The number of hydrogen-bond donors (Lipinski definition) is 2. The van der Waals surface area contributed by atoms with Crippen molar-refractivity contribution in [1.29, 1.82) is 0 Å². The first-order valence-corrected chi connectivity index (χ1v) is 7.77. The largest absolute Gasteiger partial charge is 0.405 e. The van der Waals surface area contributed by atoms with E-state index in [1.807, 2.05) is 22.8 Å². The van der Waals surface area contributed by atoms with Gasteiger partial charge in [0, 0.05) is 24.5 Å². The predicted molar refractivity (Wildman–Crippen MR) is 76.9 cm³/mol. The molecule has 2 N–H and O–H groups in total. The van der Waals surface area contributed by atoms with Crippen LogP contribution in [0.2, 0.25) is 0 Å². The lowest BCUT2D eigenvalue weighted by Crippen LogP contribution is -2.46. The number of halogens is 3. The molecule has 1 aromatic heterocycles. The molecule has 0 spiro atoms. The first kappa shape index (κ1) is 17.0. The van der Waals surface area contributed by atoms with Gasteiger partial charge in [-0.1, -0.05) is 6.07 Å². The van der Waals surface area contributed by atoms with Crippen molar-refractivity contribution < 1.29 is 22.7 Å². The summed E-state index contributed by atoms with van der Waals surface area (Å²) in [6.45, 7) is 1.61. The Morgan fingerprint density at radius 3 is 2.68 bits per heavy atom. The first-order valence-electron chi connectivity index (χ1n) is 6.89. The molecule has 0 aromatic carbocycles. The molecular formula is C13H18F3N3O2S. The molecule has 2 heterocycles. The van der Waals surface area contributed by atoms with Crippen molar-refractivity contribution in [3.05, 3.63) is 22.4 Å². The van der Waals surface area contributed by atoms with E-state index in [4.69, 9.17) is 4.74 Å². The molecular weight excluding hydrogens is 319 g/mol. The highest BCUT2D eigenvalue weighted by Gasteiger charge is 2.28. The number of thiophene rings is 1. The smallest absolute Gasteiger partial charge is 0.379 e. The molecule has 1 saturated heterocycles. The molecule has 22 heavy (non-hydrogen) atoms. The normalized spacial score (nSPS) is 18.0. The number of ether oxygens (including phenoxy) is 1. The van der Waals surface area contributed by atoms with Gasteiger partial charge in [0.2, 0.25) is 0 Å².